The molecule has 1 aliphatic rings. The summed E-state index contributed by atoms with van der Waals surface area (Å²) in [7, 11) is 0. The first-order chi connectivity index (χ1) is 10.1. The van der Waals surface area contributed by atoms with Crippen LogP contribution in [-0.4, -0.2) is 36.4 Å². The second kappa shape index (κ2) is 7.46. The van der Waals surface area contributed by atoms with Crippen LogP contribution in [-0.2, 0) is 9.53 Å². The number of aliphatic carboxylic acids is 1. The Labute approximate surface area is 126 Å². The Kier molecular flexibility index (Phi) is 5.62. The average molecular weight is 291 g/mol. The summed E-state index contributed by atoms with van der Waals surface area (Å²) >= 11 is 0. The SMILES string of the molecule is CCCC1CC(N(CC(=O)O)c2ccc(C)cc2)CCO1. The van der Waals surface area contributed by atoms with Crippen molar-refractivity contribution in [3.8, 4) is 0 Å². The maximum Gasteiger partial charge on any atom is 0.323 e. The molecule has 1 aromatic carbocycles. The Balaban J connectivity index is 2.15. The summed E-state index contributed by atoms with van der Waals surface area (Å²) in [5.74, 6) is -0.783. The Bertz CT molecular complexity index is 456. The normalized spacial score (nSPS) is 22.0. The monoisotopic (exact) mass is 291 g/mol. The van der Waals surface area contributed by atoms with Crippen molar-refractivity contribution < 1.29 is 14.6 Å². The molecule has 0 saturated carbocycles. The number of ether oxygens (including phenoxy) is 1. The molecule has 1 aromatic rings. The first kappa shape index (κ1) is 15.8. The third kappa shape index (κ3) is 4.46. The summed E-state index contributed by atoms with van der Waals surface area (Å²) in [6.07, 6.45) is 4.21. The molecule has 1 fully saturated rings. The zero-order valence-electron chi connectivity index (χ0n) is 12.9. The molecule has 1 aliphatic heterocycles. The van der Waals surface area contributed by atoms with Crippen LogP contribution in [0.25, 0.3) is 0 Å². The van der Waals surface area contributed by atoms with E-state index in [1.165, 1.54) is 5.56 Å². The third-order valence-corrected chi connectivity index (χ3v) is 4.06. The van der Waals surface area contributed by atoms with E-state index >= 15 is 0 Å². The van der Waals surface area contributed by atoms with Gasteiger partial charge < -0.3 is 14.7 Å². The predicted octanol–water partition coefficient (Wildman–Crippen LogP) is 3.23. The van der Waals surface area contributed by atoms with E-state index in [4.69, 9.17) is 4.74 Å². The van der Waals surface area contributed by atoms with Crippen molar-refractivity contribution in [2.75, 3.05) is 18.1 Å². The highest BCUT2D eigenvalue weighted by Gasteiger charge is 2.28. The van der Waals surface area contributed by atoms with Crippen molar-refractivity contribution in [1.82, 2.24) is 0 Å². The zero-order chi connectivity index (χ0) is 15.2. The minimum Gasteiger partial charge on any atom is -0.480 e. The molecule has 2 atom stereocenters. The second-order valence-electron chi connectivity index (χ2n) is 5.82. The second-order valence-corrected chi connectivity index (χ2v) is 5.82. The largest absolute Gasteiger partial charge is 0.480 e. The van der Waals surface area contributed by atoms with Crippen LogP contribution in [0.2, 0.25) is 0 Å². The number of carbonyl (C=O) groups is 1. The van der Waals surface area contributed by atoms with E-state index in [-0.39, 0.29) is 18.7 Å². The maximum absolute atomic E-state index is 11.2. The lowest BCUT2D eigenvalue weighted by Gasteiger charge is -2.38. The average Bonchev–Trinajstić information content (AvgIpc) is 2.46. The van der Waals surface area contributed by atoms with Gasteiger partial charge in [-0.3, -0.25) is 4.79 Å². The molecule has 116 valence electrons. The molecule has 2 unspecified atom stereocenters. The van der Waals surface area contributed by atoms with Gasteiger partial charge in [-0.05, 0) is 38.3 Å². The van der Waals surface area contributed by atoms with Crippen LogP contribution in [0.1, 0.15) is 38.2 Å². The van der Waals surface area contributed by atoms with Crippen LogP contribution < -0.4 is 4.90 Å². The van der Waals surface area contributed by atoms with E-state index in [1.807, 2.05) is 36.1 Å². The lowest BCUT2D eigenvalue weighted by molar-refractivity contribution is -0.135. The molecule has 0 amide bonds. The molecule has 0 aromatic heterocycles. The topological polar surface area (TPSA) is 49.8 Å². The Morgan fingerprint density at radius 3 is 2.71 bits per heavy atom. The molecular formula is C17H25NO3. The van der Waals surface area contributed by atoms with Gasteiger partial charge in [0, 0.05) is 18.3 Å². The van der Waals surface area contributed by atoms with Gasteiger partial charge in [0.15, 0.2) is 0 Å². The predicted molar refractivity (Wildman–Crippen MR) is 83.8 cm³/mol. The fourth-order valence-electron chi connectivity index (χ4n) is 2.98. The maximum atomic E-state index is 11.2. The highest BCUT2D eigenvalue weighted by atomic mass is 16.5. The summed E-state index contributed by atoms with van der Waals surface area (Å²) in [6, 6.07) is 8.35. The summed E-state index contributed by atoms with van der Waals surface area (Å²) in [4.78, 5) is 13.2. The van der Waals surface area contributed by atoms with Gasteiger partial charge in [0.2, 0.25) is 0 Å². The molecule has 4 nitrogen and oxygen atoms in total. The van der Waals surface area contributed by atoms with Crippen LogP contribution in [0.4, 0.5) is 5.69 Å². The number of hydrogen-bond acceptors (Lipinski definition) is 3. The summed E-state index contributed by atoms with van der Waals surface area (Å²) in [6.45, 7) is 4.96. The number of carboxylic acid groups (broad SMARTS) is 1. The van der Waals surface area contributed by atoms with Crippen molar-refractivity contribution in [3.05, 3.63) is 29.8 Å². The molecule has 1 saturated heterocycles. The lowest BCUT2D eigenvalue weighted by atomic mass is 9.98. The van der Waals surface area contributed by atoms with Gasteiger partial charge in [-0.15, -0.1) is 0 Å². The standard InChI is InChI=1S/C17H25NO3/c1-3-4-16-11-15(9-10-21-16)18(12-17(19)20)14-7-5-13(2)6-8-14/h5-8,15-16H,3-4,9-12H2,1-2H3,(H,19,20). The third-order valence-electron chi connectivity index (χ3n) is 4.06. The zero-order valence-corrected chi connectivity index (χ0v) is 12.9. The highest BCUT2D eigenvalue weighted by molar-refractivity contribution is 5.74. The van der Waals surface area contributed by atoms with Crippen LogP contribution in [0.15, 0.2) is 24.3 Å². The van der Waals surface area contributed by atoms with E-state index in [0.29, 0.717) is 0 Å². The molecule has 0 radical (unpaired) electrons. The smallest absolute Gasteiger partial charge is 0.323 e. The summed E-state index contributed by atoms with van der Waals surface area (Å²) < 4.78 is 5.78. The first-order valence-electron chi connectivity index (χ1n) is 7.77. The van der Waals surface area contributed by atoms with Gasteiger partial charge in [0.25, 0.3) is 0 Å². The number of anilines is 1. The minimum atomic E-state index is -0.783. The van der Waals surface area contributed by atoms with Crippen molar-refractivity contribution in [2.45, 2.75) is 51.7 Å². The van der Waals surface area contributed by atoms with Gasteiger partial charge >= 0.3 is 5.97 Å². The van der Waals surface area contributed by atoms with E-state index in [1.54, 1.807) is 0 Å². The van der Waals surface area contributed by atoms with Gasteiger partial charge in [0.05, 0.1) is 6.10 Å². The van der Waals surface area contributed by atoms with Crippen molar-refractivity contribution in [2.24, 2.45) is 0 Å². The first-order valence-corrected chi connectivity index (χ1v) is 7.77. The van der Waals surface area contributed by atoms with Crippen molar-refractivity contribution >= 4 is 11.7 Å². The molecule has 1 heterocycles. The van der Waals surface area contributed by atoms with Gasteiger partial charge in [-0.2, -0.15) is 0 Å². The number of hydrogen-bond donors (Lipinski definition) is 1. The van der Waals surface area contributed by atoms with Crippen molar-refractivity contribution in [3.63, 3.8) is 0 Å². The molecule has 0 bridgehead atoms. The molecule has 21 heavy (non-hydrogen) atoms. The van der Waals surface area contributed by atoms with Crippen molar-refractivity contribution in [1.29, 1.82) is 0 Å². The summed E-state index contributed by atoms with van der Waals surface area (Å²) in [5.41, 5.74) is 2.18. The van der Waals surface area contributed by atoms with Crippen LogP contribution in [0, 0.1) is 6.92 Å². The molecule has 2 rings (SSSR count). The van der Waals surface area contributed by atoms with Crippen LogP contribution >= 0.6 is 0 Å². The van der Waals surface area contributed by atoms with E-state index in [2.05, 4.69) is 6.92 Å². The molecular weight excluding hydrogens is 266 g/mol. The molecule has 0 aliphatic carbocycles. The van der Waals surface area contributed by atoms with Gasteiger partial charge in [0.1, 0.15) is 6.54 Å². The number of benzene rings is 1. The van der Waals surface area contributed by atoms with Crippen LogP contribution in [0.3, 0.4) is 0 Å². The van der Waals surface area contributed by atoms with E-state index in [0.717, 1.165) is 38.0 Å². The molecule has 0 spiro atoms. The molecule has 4 heteroatoms. The summed E-state index contributed by atoms with van der Waals surface area (Å²) in [5, 5.41) is 9.23. The number of carboxylic acids is 1. The molecule has 1 N–H and O–H groups in total. The Morgan fingerprint density at radius 1 is 1.38 bits per heavy atom. The number of aryl methyl sites for hydroxylation is 1. The van der Waals surface area contributed by atoms with E-state index in [9.17, 15) is 9.90 Å². The van der Waals surface area contributed by atoms with Gasteiger partial charge in [-0.25, -0.2) is 0 Å². The Hall–Kier alpha value is -1.55. The number of rotatable bonds is 6. The Morgan fingerprint density at radius 2 is 2.10 bits per heavy atom. The fourth-order valence-corrected chi connectivity index (χ4v) is 2.98. The van der Waals surface area contributed by atoms with Gasteiger partial charge in [-0.1, -0.05) is 31.0 Å². The van der Waals surface area contributed by atoms with E-state index < -0.39 is 5.97 Å². The quantitative estimate of drug-likeness (QED) is 0.874. The lowest BCUT2D eigenvalue weighted by Crippen LogP contribution is -2.45. The minimum absolute atomic E-state index is 0.0482. The van der Waals surface area contributed by atoms with Crippen LogP contribution in [0.5, 0.6) is 0 Å². The fraction of sp³-hybridized carbons (Fsp3) is 0.588. The number of nitrogens with zero attached hydrogens (tertiary/aromatic N) is 1. The highest BCUT2D eigenvalue weighted by Crippen LogP contribution is 2.27.